The minimum atomic E-state index is -1.08. The Bertz CT molecular complexity index is 1230. The molecule has 0 amide bonds. The molecular formula is C38H56CoN2O6. The number of carbonyl (C=O) groups is 2. The van der Waals surface area contributed by atoms with E-state index < -0.39 is 11.9 Å². The van der Waals surface area contributed by atoms with Crippen molar-refractivity contribution in [2.24, 2.45) is 21.8 Å². The van der Waals surface area contributed by atoms with Gasteiger partial charge in [0.2, 0.25) is 0 Å². The van der Waals surface area contributed by atoms with Crippen molar-refractivity contribution in [2.45, 2.75) is 132 Å². The number of phenolic OH excluding ortho intramolecular Hbond substituents is 2. The van der Waals surface area contributed by atoms with Crippen LogP contribution in [0.3, 0.4) is 0 Å². The number of aromatic hydroxyl groups is 2. The second kappa shape index (κ2) is 21.7. The number of rotatable bonds is 10. The Morgan fingerprint density at radius 3 is 1.32 bits per heavy atom. The maximum atomic E-state index is 10.9. The van der Waals surface area contributed by atoms with E-state index in [4.69, 9.17) is 29.8 Å². The van der Waals surface area contributed by atoms with Crippen LogP contribution in [0.5, 0.6) is 11.5 Å². The van der Waals surface area contributed by atoms with E-state index in [0.29, 0.717) is 23.3 Å². The molecular weight excluding hydrogens is 639 g/mol. The van der Waals surface area contributed by atoms with Gasteiger partial charge in [0.05, 0.1) is 12.1 Å². The third-order valence-corrected chi connectivity index (χ3v) is 7.46. The first-order valence-electron chi connectivity index (χ1n) is 16.5. The van der Waals surface area contributed by atoms with E-state index in [2.05, 4.69) is 79.7 Å². The van der Waals surface area contributed by atoms with Crippen molar-refractivity contribution in [3.8, 4) is 11.5 Å². The smallest absolute Gasteiger partial charge is 0.550 e. The molecule has 9 heteroatoms. The average Bonchev–Trinajstić information content (AvgIpc) is 2.92. The summed E-state index contributed by atoms with van der Waals surface area (Å²) in [5.74, 6) is 0.189. The van der Waals surface area contributed by atoms with Gasteiger partial charge in [-0.25, -0.2) is 0 Å². The van der Waals surface area contributed by atoms with Gasteiger partial charge in [-0.05, 0) is 110 Å². The van der Waals surface area contributed by atoms with Gasteiger partial charge in [0, 0.05) is 35.5 Å². The van der Waals surface area contributed by atoms with E-state index in [9.17, 15) is 10.2 Å². The topological polar surface area (TPSA) is 145 Å². The number of carbonyl (C=O) groups excluding carboxylic acids is 2. The van der Waals surface area contributed by atoms with E-state index >= 15 is 0 Å². The van der Waals surface area contributed by atoms with Gasteiger partial charge in [0.15, 0.2) is 0 Å². The quantitative estimate of drug-likeness (QED) is 0.288. The van der Waals surface area contributed by atoms with Gasteiger partial charge >= 0.3 is 16.8 Å². The number of carboxylic acids is 2. The van der Waals surface area contributed by atoms with Crippen LogP contribution >= 0.6 is 0 Å². The Kier molecular flexibility index (Phi) is 20.2. The summed E-state index contributed by atoms with van der Waals surface area (Å²) in [6, 6.07) is 8.88. The van der Waals surface area contributed by atoms with Gasteiger partial charge < -0.3 is 30.0 Å². The second-order valence-corrected chi connectivity index (χ2v) is 13.8. The normalized spacial score (nSPS) is 16.2. The van der Waals surface area contributed by atoms with E-state index in [1.165, 1.54) is 11.1 Å². The molecule has 263 valence electrons. The zero-order valence-electron chi connectivity index (χ0n) is 29.9. The van der Waals surface area contributed by atoms with Crippen LogP contribution < -0.4 is 10.2 Å². The molecule has 2 unspecified atom stereocenters. The van der Waals surface area contributed by atoms with Crippen LogP contribution in [0.1, 0.15) is 140 Å². The standard InChI is InChI=1S/C34H50N2O2.2C2H4O2.Co/c1-21(2)12-25-14-27(33(37)31(16-25)23(5)6)19-35-29-10-9-11-30(18-29)36-20-28-15-26(13-22(3)4)17-32(24(7)8)34(28)38;2*1-2(3)4;/h14-17,19-24,29-30,37-38H,9-13,18H2,1-8H3;2*1H3,(H,3,4);/q;;;+2/p-2. The Labute approximate surface area is 293 Å². The van der Waals surface area contributed by atoms with Crippen molar-refractivity contribution in [1.29, 1.82) is 0 Å². The summed E-state index contributed by atoms with van der Waals surface area (Å²) in [7, 11) is 0. The molecule has 47 heavy (non-hydrogen) atoms. The number of benzene rings is 2. The number of hydrogen-bond donors (Lipinski definition) is 2. The first-order valence-corrected chi connectivity index (χ1v) is 16.5. The number of nitrogens with zero attached hydrogens (tertiary/aromatic N) is 2. The largest absolute Gasteiger partial charge is 2.00 e. The van der Waals surface area contributed by atoms with Gasteiger partial charge in [0.1, 0.15) is 11.5 Å². The van der Waals surface area contributed by atoms with E-state index in [0.717, 1.165) is 74.6 Å². The van der Waals surface area contributed by atoms with Crippen molar-refractivity contribution in [1.82, 2.24) is 0 Å². The first kappa shape index (κ1) is 43.8. The molecule has 2 aromatic carbocycles. The van der Waals surface area contributed by atoms with E-state index in [1.807, 2.05) is 12.4 Å². The third kappa shape index (κ3) is 17.0. The van der Waals surface area contributed by atoms with Crippen molar-refractivity contribution in [3.05, 3.63) is 57.6 Å². The predicted molar refractivity (Wildman–Crippen MR) is 184 cm³/mol. The number of phenols is 2. The van der Waals surface area contributed by atoms with E-state index in [-0.39, 0.29) is 40.7 Å². The molecule has 2 atom stereocenters. The summed E-state index contributed by atoms with van der Waals surface area (Å²) in [5, 5.41) is 39.6. The van der Waals surface area contributed by atoms with Crippen LogP contribution in [0, 0.1) is 11.8 Å². The van der Waals surface area contributed by atoms with Gasteiger partial charge in [-0.3, -0.25) is 9.98 Å². The first-order chi connectivity index (χ1) is 21.4. The predicted octanol–water partition coefficient (Wildman–Crippen LogP) is 6.10. The Balaban J connectivity index is 0.00000211. The molecule has 1 aliphatic carbocycles. The zero-order chi connectivity index (χ0) is 35.1. The molecule has 1 fully saturated rings. The second-order valence-electron chi connectivity index (χ2n) is 13.8. The molecule has 1 aliphatic rings. The molecule has 2 aromatic rings. The number of aliphatic carboxylic acids is 2. The Hall–Kier alpha value is -3.17. The van der Waals surface area contributed by atoms with Crippen LogP contribution in [0.25, 0.3) is 0 Å². The van der Waals surface area contributed by atoms with Gasteiger partial charge in [0.25, 0.3) is 0 Å². The molecule has 1 saturated carbocycles. The summed E-state index contributed by atoms with van der Waals surface area (Å²) in [4.78, 5) is 27.6. The SMILES string of the molecule is CC(=O)[O-].CC(=O)[O-].CC(C)Cc1cc(C=NC2CCCC(N=Cc3cc(CC(C)C)cc(C(C)C)c3O)C2)c(O)c(C(C)C)c1.[Co+2]. The summed E-state index contributed by atoms with van der Waals surface area (Å²) in [5.41, 5.74) is 6.16. The molecule has 3 rings (SSSR count). The summed E-state index contributed by atoms with van der Waals surface area (Å²) < 4.78 is 0. The minimum absolute atomic E-state index is 0. The number of hydrogen-bond acceptors (Lipinski definition) is 8. The van der Waals surface area contributed by atoms with Crippen molar-refractivity contribution >= 4 is 24.4 Å². The van der Waals surface area contributed by atoms with Crippen molar-refractivity contribution < 1.29 is 46.8 Å². The fourth-order valence-corrected chi connectivity index (χ4v) is 5.53. The number of aliphatic imine (C=N–C) groups is 2. The van der Waals surface area contributed by atoms with Crippen molar-refractivity contribution in [2.75, 3.05) is 0 Å². The van der Waals surface area contributed by atoms with Crippen LogP contribution in [0.2, 0.25) is 0 Å². The molecule has 0 bridgehead atoms. The molecule has 0 aromatic heterocycles. The minimum Gasteiger partial charge on any atom is -0.550 e. The molecule has 0 saturated heterocycles. The molecule has 2 N–H and O–H groups in total. The molecule has 8 nitrogen and oxygen atoms in total. The fourth-order valence-electron chi connectivity index (χ4n) is 5.53. The van der Waals surface area contributed by atoms with Crippen LogP contribution in [0.15, 0.2) is 34.3 Å². The van der Waals surface area contributed by atoms with E-state index in [1.54, 1.807) is 0 Å². The molecule has 0 spiro atoms. The third-order valence-electron chi connectivity index (χ3n) is 7.46. The monoisotopic (exact) mass is 695 g/mol. The Morgan fingerprint density at radius 2 is 1.04 bits per heavy atom. The zero-order valence-corrected chi connectivity index (χ0v) is 31.0. The van der Waals surface area contributed by atoms with Gasteiger partial charge in [-0.2, -0.15) is 0 Å². The molecule has 0 heterocycles. The van der Waals surface area contributed by atoms with Gasteiger partial charge in [-0.1, -0.05) is 67.5 Å². The maximum Gasteiger partial charge on any atom is 2.00 e. The summed E-state index contributed by atoms with van der Waals surface area (Å²) >= 11 is 0. The van der Waals surface area contributed by atoms with Crippen LogP contribution in [0.4, 0.5) is 0 Å². The molecule has 1 radical (unpaired) electrons. The summed E-state index contributed by atoms with van der Waals surface area (Å²) in [6.45, 7) is 19.3. The summed E-state index contributed by atoms with van der Waals surface area (Å²) in [6.07, 6.45) is 9.81. The molecule has 0 aliphatic heterocycles. The van der Waals surface area contributed by atoms with Crippen molar-refractivity contribution in [3.63, 3.8) is 0 Å². The maximum absolute atomic E-state index is 10.9. The number of carboxylic acid groups (broad SMARTS) is 2. The average molecular weight is 696 g/mol. The van der Waals surface area contributed by atoms with Gasteiger partial charge in [-0.15, -0.1) is 0 Å². The fraction of sp³-hybridized carbons (Fsp3) is 0.579. The van der Waals surface area contributed by atoms with Crippen LogP contribution in [-0.4, -0.2) is 46.7 Å². The Morgan fingerprint density at radius 1 is 0.723 bits per heavy atom. The van der Waals surface area contributed by atoms with Crippen LogP contribution in [-0.2, 0) is 39.2 Å².